The van der Waals surface area contributed by atoms with Crippen LogP contribution in [0.2, 0.25) is 0 Å². The molecule has 0 aromatic heterocycles. The van der Waals surface area contributed by atoms with Gasteiger partial charge in [-0.3, -0.25) is 0 Å². The quantitative estimate of drug-likeness (QED) is 0.489. The maximum atomic E-state index is 12.1. The van der Waals surface area contributed by atoms with Crippen molar-refractivity contribution in [2.75, 3.05) is 28.2 Å². The van der Waals surface area contributed by atoms with Gasteiger partial charge in [0.1, 0.15) is 5.60 Å². The van der Waals surface area contributed by atoms with Crippen molar-refractivity contribution in [3.8, 4) is 0 Å². The van der Waals surface area contributed by atoms with Crippen LogP contribution in [0, 0.1) is 0 Å². The van der Waals surface area contributed by atoms with Gasteiger partial charge in [0.05, 0.1) is 12.1 Å². The number of rotatable bonds is 3. The molecule has 122 valence electrons. The Balaban J connectivity index is 2.89. The van der Waals surface area contributed by atoms with E-state index in [0.29, 0.717) is 12.1 Å². The Kier molecular flexibility index (Phi) is 5.97. The summed E-state index contributed by atoms with van der Waals surface area (Å²) in [5, 5.41) is 0. The number of guanidine groups is 1. The van der Waals surface area contributed by atoms with Crippen molar-refractivity contribution in [3.05, 3.63) is 35.4 Å². The molecule has 0 amide bonds. The van der Waals surface area contributed by atoms with Crippen LogP contribution in [0.3, 0.4) is 0 Å². The number of aliphatic imine (C=N–C) groups is 1. The highest BCUT2D eigenvalue weighted by molar-refractivity contribution is 5.89. The van der Waals surface area contributed by atoms with E-state index in [0.717, 1.165) is 11.5 Å². The first kappa shape index (κ1) is 18.0. The normalized spacial score (nSPS) is 10.9. The topological polar surface area (TPSA) is 45.1 Å². The zero-order valence-electron chi connectivity index (χ0n) is 14.7. The molecule has 5 nitrogen and oxygen atoms in total. The minimum atomic E-state index is -0.492. The van der Waals surface area contributed by atoms with Crippen molar-refractivity contribution in [1.29, 1.82) is 0 Å². The van der Waals surface area contributed by atoms with E-state index in [9.17, 15) is 4.79 Å². The molecule has 0 heterocycles. The molecule has 1 aromatic rings. The third kappa shape index (κ3) is 5.76. The van der Waals surface area contributed by atoms with Gasteiger partial charge >= 0.3 is 5.97 Å². The van der Waals surface area contributed by atoms with E-state index in [1.807, 2.05) is 77.0 Å². The number of carbonyl (C=O) groups excluding carboxylic acids is 1. The van der Waals surface area contributed by atoms with Gasteiger partial charge in [-0.15, -0.1) is 0 Å². The summed E-state index contributed by atoms with van der Waals surface area (Å²) >= 11 is 0. The van der Waals surface area contributed by atoms with Crippen LogP contribution in [-0.2, 0) is 11.3 Å². The lowest BCUT2D eigenvalue weighted by Gasteiger charge is -2.22. The fourth-order valence-electron chi connectivity index (χ4n) is 1.98. The van der Waals surface area contributed by atoms with E-state index >= 15 is 0 Å². The first-order valence-electron chi connectivity index (χ1n) is 7.31. The fourth-order valence-corrected chi connectivity index (χ4v) is 1.98. The molecule has 0 spiro atoms. The van der Waals surface area contributed by atoms with Crippen LogP contribution in [-0.4, -0.2) is 55.5 Å². The molecule has 1 aromatic carbocycles. The summed E-state index contributed by atoms with van der Waals surface area (Å²) in [5.74, 6) is 0.571. The molecule has 0 bridgehead atoms. The van der Waals surface area contributed by atoms with Gasteiger partial charge in [-0.1, -0.05) is 12.1 Å². The third-order valence-corrected chi connectivity index (χ3v) is 2.76. The second kappa shape index (κ2) is 7.29. The molecule has 0 fully saturated rings. The van der Waals surface area contributed by atoms with Crippen LogP contribution in [0.4, 0.5) is 0 Å². The predicted molar refractivity (Wildman–Crippen MR) is 90.1 cm³/mol. The molecular formula is C17H27N3O2. The highest BCUT2D eigenvalue weighted by Crippen LogP contribution is 2.14. The molecular weight excluding hydrogens is 278 g/mol. The molecule has 0 aliphatic carbocycles. The lowest BCUT2D eigenvalue weighted by Crippen LogP contribution is -2.35. The van der Waals surface area contributed by atoms with Gasteiger partial charge in [-0.25, -0.2) is 9.79 Å². The van der Waals surface area contributed by atoms with Crippen molar-refractivity contribution in [1.82, 2.24) is 9.80 Å². The van der Waals surface area contributed by atoms with Crippen LogP contribution in [0.1, 0.15) is 36.7 Å². The molecule has 0 aliphatic rings. The van der Waals surface area contributed by atoms with E-state index in [1.165, 1.54) is 0 Å². The fraction of sp³-hybridized carbons (Fsp3) is 0.529. The highest BCUT2D eigenvalue weighted by atomic mass is 16.6. The maximum absolute atomic E-state index is 12.1. The number of nitrogens with zero attached hydrogens (tertiary/aromatic N) is 3. The smallest absolute Gasteiger partial charge is 0.338 e. The van der Waals surface area contributed by atoms with E-state index in [4.69, 9.17) is 4.74 Å². The minimum absolute atomic E-state index is 0.307. The van der Waals surface area contributed by atoms with Crippen LogP contribution in [0.25, 0.3) is 0 Å². The third-order valence-electron chi connectivity index (χ3n) is 2.76. The maximum Gasteiger partial charge on any atom is 0.338 e. The molecule has 22 heavy (non-hydrogen) atoms. The Morgan fingerprint density at radius 1 is 1.14 bits per heavy atom. The van der Waals surface area contributed by atoms with Crippen LogP contribution in [0.15, 0.2) is 29.3 Å². The Labute approximate surface area is 133 Å². The molecule has 1 rings (SSSR count). The summed E-state index contributed by atoms with van der Waals surface area (Å²) in [4.78, 5) is 20.6. The summed E-state index contributed by atoms with van der Waals surface area (Å²) in [6.07, 6.45) is 0. The number of hydrogen-bond donors (Lipinski definition) is 0. The molecule has 0 N–H and O–H groups in total. The average molecular weight is 305 g/mol. The zero-order chi connectivity index (χ0) is 16.9. The number of carbonyl (C=O) groups is 1. The number of hydrogen-bond acceptors (Lipinski definition) is 3. The van der Waals surface area contributed by atoms with E-state index in [2.05, 4.69) is 4.99 Å². The lowest BCUT2D eigenvalue weighted by molar-refractivity contribution is 0.00694. The lowest BCUT2D eigenvalue weighted by atomic mass is 10.1. The molecule has 0 unspecified atom stereocenters. The van der Waals surface area contributed by atoms with Crippen molar-refractivity contribution in [2.24, 2.45) is 4.99 Å². The van der Waals surface area contributed by atoms with E-state index < -0.39 is 5.60 Å². The number of ether oxygens (including phenoxy) is 1. The van der Waals surface area contributed by atoms with E-state index in [1.54, 1.807) is 6.07 Å². The number of benzene rings is 1. The molecule has 0 atom stereocenters. The average Bonchev–Trinajstić information content (AvgIpc) is 2.36. The summed E-state index contributed by atoms with van der Waals surface area (Å²) in [6.45, 7) is 6.10. The Hall–Kier alpha value is -2.04. The first-order valence-corrected chi connectivity index (χ1v) is 7.31. The first-order chi connectivity index (χ1) is 10.1. The predicted octanol–water partition coefficient (Wildman–Crippen LogP) is 2.62. The van der Waals surface area contributed by atoms with Gasteiger partial charge in [-0.2, -0.15) is 0 Å². The number of esters is 1. The van der Waals surface area contributed by atoms with Crippen LogP contribution >= 0.6 is 0 Å². The van der Waals surface area contributed by atoms with Crippen molar-refractivity contribution in [2.45, 2.75) is 32.9 Å². The van der Waals surface area contributed by atoms with Gasteiger partial charge in [0.15, 0.2) is 5.96 Å². The van der Waals surface area contributed by atoms with Crippen molar-refractivity contribution < 1.29 is 9.53 Å². The van der Waals surface area contributed by atoms with Crippen molar-refractivity contribution >= 4 is 11.9 Å². The summed E-state index contributed by atoms with van der Waals surface area (Å²) < 4.78 is 5.39. The van der Waals surface area contributed by atoms with E-state index in [-0.39, 0.29) is 5.97 Å². The molecule has 0 saturated heterocycles. The summed E-state index contributed by atoms with van der Waals surface area (Å²) in [5.41, 5.74) is 1.04. The van der Waals surface area contributed by atoms with Gasteiger partial charge in [-0.05, 0) is 38.5 Å². The second-order valence-corrected chi connectivity index (χ2v) is 6.61. The minimum Gasteiger partial charge on any atom is -0.456 e. The van der Waals surface area contributed by atoms with Crippen molar-refractivity contribution in [3.63, 3.8) is 0 Å². The van der Waals surface area contributed by atoms with Gasteiger partial charge in [0.25, 0.3) is 0 Å². The largest absolute Gasteiger partial charge is 0.456 e. The standard InChI is InChI=1S/C17H27N3O2/c1-17(2,3)22-15(21)14-10-8-9-13(11-14)12-18-16(19(4)5)20(6)7/h8-11H,12H2,1-7H3. The molecule has 5 heteroatoms. The van der Waals surface area contributed by atoms with Crippen LogP contribution < -0.4 is 0 Å². The van der Waals surface area contributed by atoms with Gasteiger partial charge in [0.2, 0.25) is 0 Å². The Bertz CT molecular complexity index is 533. The SMILES string of the molecule is CN(C)C(=NCc1cccc(C(=O)OC(C)(C)C)c1)N(C)C. The highest BCUT2D eigenvalue weighted by Gasteiger charge is 2.17. The zero-order valence-corrected chi connectivity index (χ0v) is 14.7. The van der Waals surface area contributed by atoms with Gasteiger partial charge in [0, 0.05) is 28.2 Å². The molecule has 0 radical (unpaired) electrons. The summed E-state index contributed by atoms with van der Waals surface area (Å²) in [7, 11) is 7.82. The molecule has 0 saturated carbocycles. The second-order valence-electron chi connectivity index (χ2n) is 6.61. The summed E-state index contributed by atoms with van der Waals surface area (Å²) in [6, 6.07) is 7.41. The monoisotopic (exact) mass is 305 g/mol. The molecule has 0 aliphatic heterocycles. The van der Waals surface area contributed by atoms with Crippen LogP contribution in [0.5, 0.6) is 0 Å². The Morgan fingerprint density at radius 3 is 2.23 bits per heavy atom. The Morgan fingerprint density at radius 2 is 1.73 bits per heavy atom. The van der Waals surface area contributed by atoms with Gasteiger partial charge < -0.3 is 14.5 Å².